The zero-order valence-electron chi connectivity index (χ0n) is 12.1. The van der Waals surface area contributed by atoms with Crippen LogP contribution in [0.2, 0.25) is 0 Å². The lowest BCUT2D eigenvalue weighted by molar-refractivity contribution is 0.950. The third kappa shape index (κ3) is 3.08. The van der Waals surface area contributed by atoms with Gasteiger partial charge in [0.15, 0.2) is 8.68 Å². The Morgan fingerprint density at radius 1 is 1.00 bits per heavy atom. The minimum Gasteiger partial charge on any atom is -0.226 e. The van der Waals surface area contributed by atoms with Gasteiger partial charge in [-0.3, -0.25) is 0 Å². The van der Waals surface area contributed by atoms with Crippen molar-refractivity contribution in [1.29, 1.82) is 0 Å². The van der Waals surface area contributed by atoms with Gasteiger partial charge in [-0.05, 0) is 43.8 Å². The second-order valence-corrected chi connectivity index (χ2v) is 9.34. The molecule has 0 saturated carbocycles. The number of aromatic nitrogens is 4. The summed E-state index contributed by atoms with van der Waals surface area (Å²) in [6.45, 7) is 8.32. The third-order valence-electron chi connectivity index (χ3n) is 2.95. The smallest absolute Gasteiger partial charge is 0.181 e. The van der Waals surface area contributed by atoms with Gasteiger partial charge in [0.2, 0.25) is 0 Å². The summed E-state index contributed by atoms with van der Waals surface area (Å²) < 4.78 is 1.95. The van der Waals surface area contributed by atoms with Gasteiger partial charge in [-0.2, -0.15) is 0 Å². The maximum atomic E-state index is 4.62. The fourth-order valence-electron chi connectivity index (χ4n) is 1.89. The Balaban J connectivity index is 2.02. The molecular formula is C13H14N4S4. The van der Waals surface area contributed by atoms with Crippen molar-refractivity contribution in [3.63, 3.8) is 0 Å². The number of hydrogen-bond acceptors (Lipinski definition) is 8. The van der Waals surface area contributed by atoms with Gasteiger partial charge in [-0.25, -0.2) is 9.97 Å². The Morgan fingerprint density at radius 3 is 2.52 bits per heavy atom. The predicted octanol–water partition coefficient (Wildman–Crippen LogP) is 4.73. The summed E-state index contributed by atoms with van der Waals surface area (Å²) in [5.74, 6) is 1.82. The maximum Gasteiger partial charge on any atom is 0.181 e. The number of fused-ring (bicyclic) bond motifs is 1. The highest BCUT2D eigenvalue weighted by Gasteiger charge is 2.16. The van der Waals surface area contributed by atoms with Crippen LogP contribution < -0.4 is 0 Å². The zero-order chi connectivity index (χ0) is 15.0. The van der Waals surface area contributed by atoms with Crippen LogP contribution >= 0.6 is 46.2 Å². The first-order valence-corrected chi connectivity index (χ1v) is 9.90. The van der Waals surface area contributed by atoms with E-state index in [0.717, 1.165) is 35.5 Å². The lowest BCUT2D eigenvalue weighted by Gasteiger charge is -2.02. The van der Waals surface area contributed by atoms with Gasteiger partial charge in [0.25, 0.3) is 0 Å². The molecule has 21 heavy (non-hydrogen) atoms. The molecule has 0 bridgehead atoms. The van der Waals surface area contributed by atoms with Crippen molar-refractivity contribution in [2.24, 2.45) is 0 Å². The molecule has 3 aromatic rings. The van der Waals surface area contributed by atoms with Gasteiger partial charge in [0.1, 0.15) is 15.7 Å². The quantitative estimate of drug-likeness (QED) is 0.498. The summed E-state index contributed by atoms with van der Waals surface area (Å²) in [5, 5.41) is 10.6. The van der Waals surface area contributed by atoms with Crippen LogP contribution in [0.1, 0.15) is 23.2 Å². The van der Waals surface area contributed by atoms with Gasteiger partial charge in [-0.1, -0.05) is 30.0 Å². The van der Waals surface area contributed by atoms with E-state index in [2.05, 4.69) is 40.9 Å². The van der Waals surface area contributed by atoms with Crippen molar-refractivity contribution in [2.75, 3.05) is 5.75 Å². The van der Waals surface area contributed by atoms with E-state index in [4.69, 9.17) is 0 Å². The zero-order valence-corrected chi connectivity index (χ0v) is 15.4. The van der Waals surface area contributed by atoms with E-state index < -0.39 is 0 Å². The average Bonchev–Trinajstić information content (AvgIpc) is 2.96. The van der Waals surface area contributed by atoms with E-state index in [1.54, 1.807) is 46.2 Å². The first-order valence-electron chi connectivity index (χ1n) is 6.47. The van der Waals surface area contributed by atoms with Crippen LogP contribution in [0.5, 0.6) is 0 Å². The van der Waals surface area contributed by atoms with E-state index in [-0.39, 0.29) is 0 Å². The Labute approximate surface area is 139 Å². The maximum absolute atomic E-state index is 4.62. The van der Waals surface area contributed by atoms with Crippen molar-refractivity contribution in [3.05, 3.63) is 16.3 Å². The van der Waals surface area contributed by atoms with Gasteiger partial charge in [0, 0.05) is 10.3 Å². The number of thioether (sulfide) groups is 1. The third-order valence-corrected chi connectivity index (χ3v) is 7.03. The van der Waals surface area contributed by atoms with Crippen molar-refractivity contribution in [3.8, 4) is 0 Å². The molecule has 0 aliphatic heterocycles. The second-order valence-electron chi connectivity index (χ2n) is 4.41. The van der Waals surface area contributed by atoms with E-state index in [9.17, 15) is 0 Å². The van der Waals surface area contributed by atoms with Crippen LogP contribution in [0.3, 0.4) is 0 Å². The Kier molecular flexibility index (Phi) is 4.49. The normalized spacial score (nSPS) is 11.4. The first kappa shape index (κ1) is 15.2. The molecule has 0 N–H and O–H groups in total. The lowest BCUT2D eigenvalue weighted by Crippen LogP contribution is -1.91. The largest absolute Gasteiger partial charge is 0.226 e. The standard InChI is InChI=1S/C13H14N4S4/c1-5-18-12-16-17-13(21-12)20-11-9-6(2)7(3)19-10(9)14-8(4)15-11/h5H2,1-4H3. The summed E-state index contributed by atoms with van der Waals surface area (Å²) in [5.41, 5.74) is 1.27. The molecule has 0 amide bonds. The van der Waals surface area contributed by atoms with E-state index in [1.165, 1.54) is 10.4 Å². The number of nitrogens with zero attached hydrogens (tertiary/aromatic N) is 4. The molecule has 0 fully saturated rings. The van der Waals surface area contributed by atoms with Gasteiger partial charge >= 0.3 is 0 Å². The van der Waals surface area contributed by atoms with Crippen molar-refractivity contribution >= 4 is 56.4 Å². The van der Waals surface area contributed by atoms with E-state index in [0.29, 0.717) is 0 Å². The molecule has 0 aromatic carbocycles. The van der Waals surface area contributed by atoms with Crippen LogP contribution in [-0.2, 0) is 0 Å². The van der Waals surface area contributed by atoms with Crippen LogP contribution in [-0.4, -0.2) is 25.9 Å². The molecule has 0 unspecified atom stereocenters. The van der Waals surface area contributed by atoms with Crippen molar-refractivity contribution < 1.29 is 0 Å². The highest BCUT2D eigenvalue weighted by molar-refractivity contribution is 8.03. The summed E-state index contributed by atoms with van der Waals surface area (Å²) >= 11 is 6.67. The summed E-state index contributed by atoms with van der Waals surface area (Å²) in [7, 11) is 0. The van der Waals surface area contributed by atoms with Gasteiger partial charge in [0.05, 0.1) is 0 Å². The van der Waals surface area contributed by atoms with Crippen LogP contribution in [0.15, 0.2) is 13.7 Å². The molecule has 4 nitrogen and oxygen atoms in total. The Bertz CT molecular complexity index is 793. The molecule has 3 heterocycles. The van der Waals surface area contributed by atoms with Gasteiger partial charge < -0.3 is 0 Å². The number of aryl methyl sites for hydroxylation is 3. The molecule has 0 radical (unpaired) electrons. The minimum atomic E-state index is 0.805. The summed E-state index contributed by atoms with van der Waals surface area (Å²) in [6, 6.07) is 0. The van der Waals surface area contributed by atoms with E-state index >= 15 is 0 Å². The minimum absolute atomic E-state index is 0.805. The molecule has 3 rings (SSSR count). The van der Waals surface area contributed by atoms with Crippen LogP contribution in [0.25, 0.3) is 10.2 Å². The topological polar surface area (TPSA) is 51.6 Å². The fraction of sp³-hybridized carbons (Fsp3) is 0.385. The van der Waals surface area contributed by atoms with Crippen LogP contribution in [0, 0.1) is 20.8 Å². The van der Waals surface area contributed by atoms with Crippen molar-refractivity contribution in [1.82, 2.24) is 20.2 Å². The molecule has 8 heteroatoms. The number of thiophene rings is 1. The van der Waals surface area contributed by atoms with Gasteiger partial charge in [-0.15, -0.1) is 21.5 Å². The SMILES string of the molecule is CCSc1nnc(Sc2nc(C)nc3sc(C)c(C)c23)s1. The fourth-order valence-corrected chi connectivity index (χ4v) is 6.09. The predicted molar refractivity (Wildman–Crippen MR) is 92.1 cm³/mol. The number of rotatable bonds is 4. The highest BCUT2D eigenvalue weighted by atomic mass is 32.2. The monoisotopic (exact) mass is 354 g/mol. The molecule has 0 atom stereocenters. The lowest BCUT2D eigenvalue weighted by atomic mass is 10.2. The van der Waals surface area contributed by atoms with Crippen molar-refractivity contribution in [2.45, 2.75) is 41.4 Å². The molecule has 110 valence electrons. The molecular weight excluding hydrogens is 340 g/mol. The van der Waals surface area contributed by atoms with Crippen LogP contribution in [0.4, 0.5) is 0 Å². The Hall–Kier alpha value is -0.700. The molecule has 0 aliphatic carbocycles. The second kappa shape index (κ2) is 6.20. The summed E-state index contributed by atoms with van der Waals surface area (Å²) in [6.07, 6.45) is 0. The summed E-state index contributed by atoms with van der Waals surface area (Å²) in [4.78, 5) is 11.5. The average molecular weight is 355 g/mol. The highest BCUT2D eigenvalue weighted by Crippen LogP contribution is 2.39. The molecule has 0 spiro atoms. The number of hydrogen-bond donors (Lipinski definition) is 0. The molecule has 0 aliphatic rings. The molecule has 3 aromatic heterocycles. The van der Waals surface area contributed by atoms with E-state index in [1.807, 2.05) is 6.92 Å². The Morgan fingerprint density at radius 2 is 1.76 bits per heavy atom. The first-order chi connectivity index (χ1) is 10.1. The molecule has 0 saturated heterocycles.